The fourth-order valence-corrected chi connectivity index (χ4v) is 2.19. The van der Waals surface area contributed by atoms with Gasteiger partial charge in [-0.05, 0) is 42.5 Å². The van der Waals surface area contributed by atoms with E-state index in [0.29, 0.717) is 11.1 Å². The van der Waals surface area contributed by atoms with Crippen LogP contribution in [0.4, 0.5) is 23.2 Å². The highest BCUT2D eigenvalue weighted by molar-refractivity contribution is 5.50. The summed E-state index contributed by atoms with van der Waals surface area (Å²) in [5, 5.41) is 2.35. The number of alkyl halides is 3. The lowest BCUT2D eigenvalue weighted by Gasteiger charge is -2.22. The molecule has 0 bridgehead atoms. The van der Waals surface area contributed by atoms with E-state index in [9.17, 15) is 17.6 Å². The molecule has 1 N–H and O–H groups in total. The van der Waals surface area contributed by atoms with Gasteiger partial charge in [-0.25, -0.2) is 4.39 Å². The van der Waals surface area contributed by atoms with Crippen LogP contribution in [0.5, 0.6) is 0 Å². The zero-order valence-corrected chi connectivity index (χ0v) is 11.5. The molecule has 19 heavy (non-hydrogen) atoms. The molecule has 1 unspecified atom stereocenters. The predicted molar refractivity (Wildman–Crippen MR) is 69.0 cm³/mol. The van der Waals surface area contributed by atoms with Gasteiger partial charge in [0.2, 0.25) is 0 Å². The minimum absolute atomic E-state index is 0.00126. The maximum absolute atomic E-state index is 13.9. The van der Waals surface area contributed by atoms with E-state index >= 15 is 0 Å². The predicted octanol–water partition coefficient (Wildman–Crippen LogP) is 5.01. The standard InChI is InChI=1S/C14H19F4N/c1-5-12(14(16,17)18)19-10-6-9(4)13(8(2)3)11(15)7-10/h6-8,12,19H,5H2,1-4H3. The number of nitrogens with one attached hydrogen (secondary N) is 1. The van der Waals surface area contributed by atoms with E-state index in [2.05, 4.69) is 5.32 Å². The lowest BCUT2D eigenvalue weighted by molar-refractivity contribution is -0.142. The second-order valence-electron chi connectivity index (χ2n) is 4.99. The van der Waals surface area contributed by atoms with Crippen LogP contribution in [0.15, 0.2) is 12.1 Å². The first kappa shape index (κ1) is 15.8. The Kier molecular flexibility index (Phi) is 4.82. The molecule has 1 aromatic carbocycles. The van der Waals surface area contributed by atoms with Crippen LogP contribution in [0.3, 0.4) is 0 Å². The minimum atomic E-state index is -4.34. The summed E-state index contributed by atoms with van der Waals surface area (Å²) < 4.78 is 51.9. The zero-order chi connectivity index (χ0) is 14.8. The Hall–Kier alpha value is -1.26. The van der Waals surface area contributed by atoms with Gasteiger partial charge >= 0.3 is 6.18 Å². The number of anilines is 1. The molecular formula is C14H19F4N. The van der Waals surface area contributed by atoms with Gasteiger partial charge in [0.1, 0.15) is 11.9 Å². The van der Waals surface area contributed by atoms with E-state index < -0.39 is 18.0 Å². The molecule has 0 aliphatic carbocycles. The molecule has 0 aromatic heterocycles. The number of halogens is 4. The Morgan fingerprint density at radius 2 is 1.79 bits per heavy atom. The van der Waals surface area contributed by atoms with Gasteiger partial charge in [0.25, 0.3) is 0 Å². The first-order valence-corrected chi connectivity index (χ1v) is 6.30. The molecule has 0 saturated heterocycles. The maximum Gasteiger partial charge on any atom is 0.408 e. The SMILES string of the molecule is CCC(Nc1cc(C)c(C(C)C)c(F)c1)C(F)(F)F. The van der Waals surface area contributed by atoms with Crippen LogP contribution in [0.2, 0.25) is 0 Å². The summed E-state index contributed by atoms with van der Waals surface area (Å²) >= 11 is 0. The van der Waals surface area contributed by atoms with Crippen LogP contribution >= 0.6 is 0 Å². The van der Waals surface area contributed by atoms with Crippen LogP contribution in [-0.4, -0.2) is 12.2 Å². The number of benzene rings is 1. The highest BCUT2D eigenvalue weighted by atomic mass is 19.4. The highest BCUT2D eigenvalue weighted by Crippen LogP contribution is 2.29. The van der Waals surface area contributed by atoms with Gasteiger partial charge in [-0.3, -0.25) is 0 Å². The smallest absolute Gasteiger partial charge is 0.374 e. The van der Waals surface area contributed by atoms with Gasteiger partial charge < -0.3 is 5.32 Å². The molecule has 0 radical (unpaired) electrons. The quantitative estimate of drug-likeness (QED) is 0.763. The molecular weight excluding hydrogens is 258 g/mol. The summed E-state index contributed by atoms with van der Waals surface area (Å²) in [4.78, 5) is 0. The molecule has 5 heteroatoms. The summed E-state index contributed by atoms with van der Waals surface area (Å²) in [6.45, 7) is 6.85. The van der Waals surface area contributed by atoms with Crippen molar-refractivity contribution in [2.45, 2.75) is 52.3 Å². The van der Waals surface area contributed by atoms with E-state index in [-0.39, 0.29) is 18.0 Å². The van der Waals surface area contributed by atoms with E-state index in [1.807, 2.05) is 13.8 Å². The molecule has 0 fully saturated rings. The van der Waals surface area contributed by atoms with Crippen LogP contribution in [0.1, 0.15) is 44.2 Å². The van der Waals surface area contributed by atoms with Crippen molar-refractivity contribution in [3.8, 4) is 0 Å². The first-order valence-electron chi connectivity index (χ1n) is 6.30. The summed E-state index contributed by atoms with van der Waals surface area (Å²) in [5.74, 6) is -0.465. The molecule has 1 aromatic rings. The third-order valence-electron chi connectivity index (χ3n) is 3.06. The summed E-state index contributed by atoms with van der Waals surface area (Å²) in [6, 6.07) is 1.04. The van der Waals surface area contributed by atoms with Crippen molar-refractivity contribution in [2.24, 2.45) is 0 Å². The number of hydrogen-bond acceptors (Lipinski definition) is 1. The normalized spacial score (nSPS) is 13.7. The molecule has 0 saturated carbocycles. The summed E-state index contributed by atoms with van der Waals surface area (Å²) in [7, 11) is 0. The van der Waals surface area contributed by atoms with Crippen molar-refractivity contribution < 1.29 is 17.6 Å². The average molecular weight is 277 g/mol. The molecule has 1 atom stereocenters. The number of aryl methyl sites for hydroxylation is 1. The molecule has 0 amide bonds. The molecule has 108 valence electrons. The van der Waals surface area contributed by atoms with Crippen molar-refractivity contribution >= 4 is 5.69 Å². The topological polar surface area (TPSA) is 12.0 Å². The van der Waals surface area contributed by atoms with Crippen LogP contribution in [0, 0.1) is 12.7 Å². The fraction of sp³-hybridized carbons (Fsp3) is 0.571. The summed E-state index contributed by atoms with van der Waals surface area (Å²) in [6.07, 6.45) is -4.44. The monoisotopic (exact) mass is 277 g/mol. The molecule has 0 spiro atoms. The molecule has 0 heterocycles. The lowest BCUT2D eigenvalue weighted by Crippen LogP contribution is -2.35. The Morgan fingerprint density at radius 3 is 2.16 bits per heavy atom. The second kappa shape index (κ2) is 5.80. The van der Waals surface area contributed by atoms with Gasteiger partial charge in [-0.2, -0.15) is 13.2 Å². The van der Waals surface area contributed by atoms with E-state index in [1.54, 1.807) is 13.0 Å². The minimum Gasteiger partial charge on any atom is -0.374 e. The Bertz CT molecular complexity index is 415. The van der Waals surface area contributed by atoms with E-state index in [4.69, 9.17) is 0 Å². The van der Waals surface area contributed by atoms with E-state index in [1.165, 1.54) is 6.92 Å². The third kappa shape index (κ3) is 3.85. The fourth-order valence-electron chi connectivity index (χ4n) is 2.19. The third-order valence-corrected chi connectivity index (χ3v) is 3.06. The van der Waals surface area contributed by atoms with Crippen LogP contribution in [0.25, 0.3) is 0 Å². The van der Waals surface area contributed by atoms with Crippen molar-refractivity contribution in [1.82, 2.24) is 0 Å². The van der Waals surface area contributed by atoms with Crippen molar-refractivity contribution in [3.63, 3.8) is 0 Å². The van der Waals surface area contributed by atoms with Gasteiger partial charge in [-0.15, -0.1) is 0 Å². The van der Waals surface area contributed by atoms with Crippen LogP contribution < -0.4 is 5.32 Å². The van der Waals surface area contributed by atoms with Gasteiger partial charge in [0, 0.05) is 5.69 Å². The van der Waals surface area contributed by atoms with Crippen LogP contribution in [-0.2, 0) is 0 Å². The van der Waals surface area contributed by atoms with Gasteiger partial charge in [0.15, 0.2) is 0 Å². The Morgan fingerprint density at radius 1 is 1.21 bits per heavy atom. The highest BCUT2D eigenvalue weighted by Gasteiger charge is 2.38. The van der Waals surface area contributed by atoms with Gasteiger partial charge in [0.05, 0.1) is 0 Å². The average Bonchev–Trinajstić information content (AvgIpc) is 2.22. The molecule has 1 rings (SSSR count). The first-order chi connectivity index (χ1) is 8.66. The van der Waals surface area contributed by atoms with E-state index in [0.717, 1.165) is 6.07 Å². The van der Waals surface area contributed by atoms with Crippen molar-refractivity contribution in [2.75, 3.05) is 5.32 Å². The zero-order valence-electron chi connectivity index (χ0n) is 11.5. The van der Waals surface area contributed by atoms with Crippen molar-refractivity contribution in [3.05, 3.63) is 29.1 Å². The Labute approximate surface area is 111 Å². The largest absolute Gasteiger partial charge is 0.408 e. The lowest BCUT2D eigenvalue weighted by atomic mass is 9.96. The maximum atomic E-state index is 13.9. The molecule has 0 aliphatic rings. The van der Waals surface area contributed by atoms with Crippen molar-refractivity contribution in [1.29, 1.82) is 0 Å². The summed E-state index contributed by atoms with van der Waals surface area (Å²) in [5.41, 5.74) is 1.38. The number of rotatable bonds is 4. The molecule has 1 nitrogen and oxygen atoms in total. The second-order valence-corrected chi connectivity index (χ2v) is 4.99. The Balaban J connectivity index is 3.04. The molecule has 0 aliphatic heterocycles. The number of hydrogen-bond donors (Lipinski definition) is 1. The van der Waals surface area contributed by atoms with Gasteiger partial charge in [-0.1, -0.05) is 20.8 Å².